The Hall–Kier alpha value is -1.85. The van der Waals surface area contributed by atoms with Crippen LogP contribution in [0.1, 0.15) is 19.3 Å². The average Bonchev–Trinajstić information content (AvgIpc) is 2.59. The topological polar surface area (TPSA) is 61.4 Å². The number of hydrogen-bond donors (Lipinski definition) is 2. The Morgan fingerprint density at radius 1 is 0.957 bits per heavy atom. The lowest BCUT2D eigenvalue weighted by Gasteiger charge is -2.26. The predicted molar refractivity (Wildman–Crippen MR) is 94.9 cm³/mol. The molecule has 0 radical (unpaired) electrons. The largest absolute Gasteiger partial charge is 0.379 e. The van der Waals surface area contributed by atoms with E-state index in [9.17, 15) is 9.59 Å². The highest BCUT2D eigenvalue weighted by Crippen LogP contribution is 2.22. The van der Waals surface area contributed by atoms with Gasteiger partial charge in [-0.3, -0.25) is 9.59 Å². The van der Waals surface area contributed by atoms with Gasteiger partial charge in [0.15, 0.2) is 0 Å². The molecule has 2 aromatic rings. The molecule has 2 N–H and O–H groups in total. The molecule has 122 valence electrons. The summed E-state index contributed by atoms with van der Waals surface area (Å²) in [5.74, 6) is 0. The molecule has 1 fully saturated rings. The van der Waals surface area contributed by atoms with Crippen LogP contribution in [0.3, 0.4) is 0 Å². The summed E-state index contributed by atoms with van der Waals surface area (Å²) in [5, 5.41) is 6.73. The molecule has 0 amide bonds. The van der Waals surface area contributed by atoms with Gasteiger partial charge in [-0.1, -0.05) is 18.0 Å². The molecular formula is C17H20ClN3O2. The van der Waals surface area contributed by atoms with Crippen molar-refractivity contribution in [3.8, 4) is 0 Å². The molecular weight excluding hydrogens is 314 g/mol. The molecule has 23 heavy (non-hydrogen) atoms. The number of hydrogen-bond acceptors (Lipinski definition) is 5. The molecule has 5 nitrogen and oxygen atoms in total. The molecule has 0 saturated carbocycles. The van der Waals surface area contributed by atoms with Crippen molar-refractivity contribution < 1.29 is 0 Å². The number of rotatable bonds is 6. The number of anilines is 3. The molecule has 0 aromatic heterocycles. The third-order valence-corrected chi connectivity index (χ3v) is 4.45. The third kappa shape index (κ3) is 3.74. The SMILES string of the molecule is O=c1c(NCCN2CCCCC2)c(Nc2ccc(Cl)cc2)c1=O. The van der Waals surface area contributed by atoms with Crippen LogP contribution in [0.25, 0.3) is 0 Å². The van der Waals surface area contributed by atoms with Gasteiger partial charge in [-0.15, -0.1) is 0 Å². The van der Waals surface area contributed by atoms with Gasteiger partial charge < -0.3 is 15.5 Å². The second kappa shape index (κ2) is 7.15. The molecule has 1 saturated heterocycles. The number of likely N-dealkylation sites (tertiary alicyclic amines) is 1. The van der Waals surface area contributed by atoms with Crippen molar-refractivity contribution in [2.75, 3.05) is 36.8 Å². The van der Waals surface area contributed by atoms with Crippen LogP contribution >= 0.6 is 11.6 Å². The number of piperidine rings is 1. The van der Waals surface area contributed by atoms with E-state index in [1.807, 2.05) is 0 Å². The number of benzene rings is 1. The number of halogens is 1. The molecule has 0 aliphatic carbocycles. The Kier molecular flexibility index (Phi) is 4.98. The molecule has 0 bridgehead atoms. The zero-order valence-electron chi connectivity index (χ0n) is 12.9. The number of nitrogens with zero attached hydrogens (tertiary/aromatic N) is 1. The van der Waals surface area contributed by atoms with E-state index in [0.29, 0.717) is 22.9 Å². The fraction of sp³-hybridized carbons (Fsp3) is 0.412. The van der Waals surface area contributed by atoms with E-state index in [2.05, 4.69) is 15.5 Å². The van der Waals surface area contributed by atoms with Crippen LogP contribution in [0.5, 0.6) is 0 Å². The second-order valence-corrected chi connectivity index (χ2v) is 6.31. The van der Waals surface area contributed by atoms with Gasteiger partial charge in [0.25, 0.3) is 10.9 Å². The van der Waals surface area contributed by atoms with Crippen molar-refractivity contribution in [3.05, 3.63) is 49.7 Å². The van der Waals surface area contributed by atoms with Gasteiger partial charge in [0, 0.05) is 23.8 Å². The van der Waals surface area contributed by atoms with Crippen molar-refractivity contribution in [3.63, 3.8) is 0 Å². The van der Waals surface area contributed by atoms with Gasteiger partial charge in [0.1, 0.15) is 11.4 Å². The van der Waals surface area contributed by atoms with Crippen LogP contribution in [-0.2, 0) is 0 Å². The molecule has 1 heterocycles. The van der Waals surface area contributed by atoms with Crippen LogP contribution in [0.2, 0.25) is 5.02 Å². The van der Waals surface area contributed by atoms with Gasteiger partial charge in [0.05, 0.1) is 0 Å². The van der Waals surface area contributed by atoms with Gasteiger partial charge in [-0.2, -0.15) is 0 Å². The van der Waals surface area contributed by atoms with E-state index in [-0.39, 0.29) is 0 Å². The van der Waals surface area contributed by atoms with Crippen LogP contribution in [0.15, 0.2) is 33.9 Å². The highest BCUT2D eigenvalue weighted by atomic mass is 35.5. The average molecular weight is 334 g/mol. The van der Waals surface area contributed by atoms with E-state index in [1.165, 1.54) is 19.3 Å². The first-order valence-electron chi connectivity index (χ1n) is 7.97. The van der Waals surface area contributed by atoms with E-state index in [4.69, 9.17) is 11.6 Å². The Morgan fingerprint density at radius 3 is 2.30 bits per heavy atom. The minimum atomic E-state index is -0.472. The van der Waals surface area contributed by atoms with Gasteiger partial charge in [-0.05, 0) is 50.2 Å². The maximum Gasteiger partial charge on any atom is 0.253 e. The summed E-state index contributed by atoms with van der Waals surface area (Å²) in [6.45, 7) is 3.78. The van der Waals surface area contributed by atoms with Crippen LogP contribution in [0.4, 0.5) is 17.1 Å². The molecule has 3 rings (SSSR count). The maximum atomic E-state index is 11.8. The molecule has 6 heteroatoms. The van der Waals surface area contributed by atoms with Crippen molar-refractivity contribution in [1.29, 1.82) is 0 Å². The molecule has 1 aliphatic heterocycles. The second-order valence-electron chi connectivity index (χ2n) is 5.87. The molecule has 1 aliphatic rings. The summed E-state index contributed by atoms with van der Waals surface area (Å²) in [6.07, 6.45) is 3.78. The zero-order chi connectivity index (χ0) is 16.2. The van der Waals surface area contributed by atoms with E-state index < -0.39 is 10.9 Å². The Bertz CT molecular complexity index is 729. The van der Waals surface area contributed by atoms with E-state index in [1.54, 1.807) is 24.3 Å². The van der Waals surface area contributed by atoms with Crippen molar-refractivity contribution >= 4 is 28.7 Å². The quantitative estimate of drug-likeness (QED) is 0.796. The minimum absolute atomic E-state index is 0.343. The van der Waals surface area contributed by atoms with E-state index >= 15 is 0 Å². The van der Waals surface area contributed by atoms with Crippen molar-refractivity contribution in [2.24, 2.45) is 0 Å². The number of nitrogens with one attached hydrogen (secondary N) is 2. The Morgan fingerprint density at radius 2 is 1.61 bits per heavy atom. The maximum absolute atomic E-state index is 11.8. The summed E-state index contributed by atoms with van der Waals surface area (Å²) in [6, 6.07) is 7.02. The van der Waals surface area contributed by atoms with Gasteiger partial charge in [0.2, 0.25) is 0 Å². The summed E-state index contributed by atoms with van der Waals surface area (Å²) in [4.78, 5) is 25.9. The third-order valence-electron chi connectivity index (χ3n) is 4.20. The first-order chi connectivity index (χ1) is 11.1. The Balaban J connectivity index is 1.59. The van der Waals surface area contributed by atoms with Crippen LogP contribution in [-0.4, -0.2) is 31.1 Å². The molecule has 0 atom stereocenters. The summed E-state index contributed by atoms with van der Waals surface area (Å²) in [7, 11) is 0. The molecule has 0 unspecified atom stereocenters. The van der Waals surface area contributed by atoms with Gasteiger partial charge >= 0.3 is 0 Å². The lowest BCUT2D eigenvalue weighted by atomic mass is 10.1. The minimum Gasteiger partial charge on any atom is -0.379 e. The van der Waals surface area contributed by atoms with Crippen LogP contribution < -0.4 is 21.5 Å². The molecule has 0 spiro atoms. The highest BCUT2D eigenvalue weighted by Gasteiger charge is 2.21. The van der Waals surface area contributed by atoms with Crippen molar-refractivity contribution in [2.45, 2.75) is 19.3 Å². The van der Waals surface area contributed by atoms with Crippen molar-refractivity contribution in [1.82, 2.24) is 4.90 Å². The first-order valence-corrected chi connectivity index (χ1v) is 8.35. The lowest BCUT2D eigenvalue weighted by molar-refractivity contribution is 0.237. The lowest BCUT2D eigenvalue weighted by Crippen LogP contribution is -2.39. The highest BCUT2D eigenvalue weighted by molar-refractivity contribution is 6.30. The van der Waals surface area contributed by atoms with Crippen LogP contribution in [0, 0.1) is 0 Å². The normalized spacial score (nSPS) is 15.7. The monoisotopic (exact) mass is 333 g/mol. The standard InChI is InChI=1S/C17H20ClN3O2/c18-12-4-6-13(7-5-12)20-15-14(16(22)17(15)23)19-8-11-21-9-2-1-3-10-21/h4-7,19-20H,1-3,8-11H2. The summed E-state index contributed by atoms with van der Waals surface area (Å²) in [5.41, 5.74) is 0.555. The summed E-state index contributed by atoms with van der Waals surface area (Å²) >= 11 is 5.84. The Labute approximate surface area is 140 Å². The predicted octanol–water partition coefficient (Wildman–Crippen LogP) is 2.58. The zero-order valence-corrected chi connectivity index (χ0v) is 13.7. The molecule has 2 aromatic carbocycles. The smallest absolute Gasteiger partial charge is 0.253 e. The first kappa shape index (κ1) is 16.0. The summed E-state index contributed by atoms with van der Waals surface area (Å²) < 4.78 is 0. The fourth-order valence-electron chi connectivity index (χ4n) is 2.88. The fourth-order valence-corrected chi connectivity index (χ4v) is 3.01. The van der Waals surface area contributed by atoms with E-state index in [0.717, 1.165) is 25.3 Å². The van der Waals surface area contributed by atoms with Gasteiger partial charge in [-0.25, -0.2) is 0 Å².